The SMILES string of the molecule is CCN(C(=O)NCc1cc(F)ccc1F)C1CCN(CCC(c2ccccc2)c2ccccc2)CC1. The molecular weight excluding hydrogens is 456 g/mol. The van der Waals surface area contributed by atoms with E-state index in [9.17, 15) is 13.6 Å². The average Bonchev–Trinajstić information content (AvgIpc) is 2.92. The van der Waals surface area contributed by atoms with Crippen molar-refractivity contribution in [2.75, 3.05) is 26.2 Å². The fourth-order valence-electron chi connectivity index (χ4n) is 5.18. The number of amides is 2. The first-order valence-corrected chi connectivity index (χ1v) is 12.9. The van der Waals surface area contributed by atoms with Crippen LogP contribution in [0.3, 0.4) is 0 Å². The highest BCUT2D eigenvalue weighted by molar-refractivity contribution is 5.74. The molecule has 6 heteroatoms. The third-order valence-corrected chi connectivity index (χ3v) is 7.18. The number of nitrogens with one attached hydrogen (secondary N) is 1. The van der Waals surface area contributed by atoms with E-state index in [-0.39, 0.29) is 24.2 Å². The molecule has 4 nitrogen and oxygen atoms in total. The minimum Gasteiger partial charge on any atom is -0.334 e. The lowest BCUT2D eigenvalue weighted by molar-refractivity contribution is 0.122. The largest absolute Gasteiger partial charge is 0.334 e. The number of halogens is 2. The summed E-state index contributed by atoms with van der Waals surface area (Å²) in [6.45, 7) is 5.37. The minimum absolute atomic E-state index is 0.0296. The molecule has 0 bridgehead atoms. The molecule has 2 amide bonds. The van der Waals surface area contributed by atoms with Crippen molar-refractivity contribution in [3.05, 3.63) is 107 Å². The molecule has 0 aromatic heterocycles. The summed E-state index contributed by atoms with van der Waals surface area (Å²) in [6.07, 6.45) is 2.84. The Morgan fingerprint density at radius 2 is 1.58 bits per heavy atom. The van der Waals surface area contributed by atoms with Crippen LogP contribution in [0.25, 0.3) is 0 Å². The zero-order valence-corrected chi connectivity index (χ0v) is 20.9. The lowest BCUT2D eigenvalue weighted by Gasteiger charge is -2.38. The van der Waals surface area contributed by atoms with Crippen LogP contribution in [0, 0.1) is 11.6 Å². The molecule has 4 rings (SSSR count). The van der Waals surface area contributed by atoms with Gasteiger partial charge in [0.05, 0.1) is 0 Å². The van der Waals surface area contributed by atoms with E-state index in [0.717, 1.165) is 57.1 Å². The molecule has 3 aromatic carbocycles. The van der Waals surface area contributed by atoms with Gasteiger partial charge in [-0.2, -0.15) is 0 Å². The second-order valence-electron chi connectivity index (χ2n) is 9.42. The Morgan fingerprint density at radius 3 is 2.17 bits per heavy atom. The molecule has 1 heterocycles. The van der Waals surface area contributed by atoms with Gasteiger partial charge in [-0.05, 0) is 62.1 Å². The van der Waals surface area contributed by atoms with Crippen molar-refractivity contribution in [3.63, 3.8) is 0 Å². The van der Waals surface area contributed by atoms with Crippen LogP contribution in [0.2, 0.25) is 0 Å². The van der Waals surface area contributed by atoms with E-state index in [1.165, 1.54) is 11.1 Å². The minimum atomic E-state index is -0.516. The molecule has 0 aliphatic carbocycles. The number of nitrogens with zero attached hydrogens (tertiary/aromatic N) is 2. The summed E-state index contributed by atoms with van der Waals surface area (Å²) in [7, 11) is 0. The van der Waals surface area contributed by atoms with Crippen molar-refractivity contribution in [2.24, 2.45) is 0 Å². The summed E-state index contributed by atoms with van der Waals surface area (Å²) in [5, 5.41) is 2.77. The van der Waals surface area contributed by atoms with Gasteiger partial charge in [-0.15, -0.1) is 0 Å². The molecule has 1 fully saturated rings. The van der Waals surface area contributed by atoms with Gasteiger partial charge in [0, 0.05) is 43.7 Å². The average molecular weight is 492 g/mol. The molecule has 36 heavy (non-hydrogen) atoms. The predicted molar refractivity (Wildman–Crippen MR) is 140 cm³/mol. The zero-order chi connectivity index (χ0) is 25.3. The molecule has 1 aliphatic rings. The van der Waals surface area contributed by atoms with Gasteiger partial charge in [-0.1, -0.05) is 60.7 Å². The third-order valence-electron chi connectivity index (χ3n) is 7.18. The van der Waals surface area contributed by atoms with Crippen LogP contribution >= 0.6 is 0 Å². The van der Waals surface area contributed by atoms with Gasteiger partial charge in [0.2, 0.25) is 0 Å². The molecule has 0 radical (unpaired) electrons. The topological polar surface area (TPSA) is 35.6 Å². The Bertz CT molecular complexity index is 1060. The maximum absolute atomic E-state index is 13.9. The second-order valence-corrected chi connectivity index (χ2v) is 9.42. The van der Waals surface area contributed by atoms with Gasteiger partial charge >= 0.3 is 6.03 Å². The van der Waals surface area contributed by atoms with Crippen LogP contribution in [0.5, 0.6) is 0 Å². The number of benzene rings is 3. The molecule has 1 saturated heterocycles. The number of rotatable bonds is 9. The number of piperidine rings is 1. The molecule has 0 unspecified atom stereocenters. The van der Waals surface area contributed by atoms with Gasteiger partial charge in [0.1, 0.15) is 11.6 Å². The molecule has 0 saturated carbocycles. The van der Waals surface area contributed by atoms with Crippen LogP contribution < -0.4 is 5.32 Å². The normalized spacial score (nSPS) is 14.7. The summed E-state index contributed by atoms with van der Waals surface area (Å²) in [5.74, 6) is -0.675. The van der Waals surface area contributed by atoms with Crippen LogP contribution in [0.15, 0.2) is 78.9 Å². The molecule has 0 atom stereocenters. The number of hydrogen-bond acceptors (Lipinski definition) is 2. The number of likely N-dealkylation sites (tertiary alicyclic amines) is 1. The monoisotopic (exact) mass is 491 g/mol. The summed E-state index contributed by atoms with van der Waals surface area (Å²) >= 11 is 0. The maximum atomic E-state index is 13.9. The first kappa shape index (κ1) is 25.8. The summed E-state index contributed by atoms with van der Waals surface area (Å²) in [6, 6.07) is 24.5. The van der Waals surface area contributed by atoms with Crippen molar-refractivity contribution >= 4 is 6.03 Å². The van der Waals surface area contributed by atoms with Crippen molar-refractivity contribution in [1.82, 2.24) is 15.1 Å². The zero-order valence-electron chi connectivity index (χ0n) is 20.9. The number of carbonyl (C=O) groups is 1. The lowest BCUT2D eigenvalue weighted by Crippen LogP contribution is -2.50. The fourth-order valence-corrected chi connectivity index (χ4v) is 5.18. The maximum Gasteiger partial charge on any atom is 0.317 e. The van der Waals surface area contributed by atoms with Crippen molar-refractivity contribution in [3.8, 4) is 0 Å². The summed E-state index contributed by atoms with van der Waals surface area (Å²) in [4.78, 5) is 17.2. The van der Waals surface area contributed by atoms with E-state index < -0.39 is 11.6 Å². The van der Waals surface area contributed by atoms with E-state index in [1.54, 1.807) is 0 Å². The highest BCUT2D eigenvalue weighted by Crippen LogP contribution is 2.29. The molecule has 0 spiro atoms. The first-order chi connectivity index (χ1) is 17.5. The standard InChI is InChI=1S/C30H35F2N3O/c1-2-35(30(36)33-22-25-21-26(31)13-14-29(25)32)27-15-18-34(19-16-27)20-17-28(23-9-5-3-6-10-23)24-11-7-4-8-12-24/h3-14,21,27-28H,2,15-20,22H2,1H3,(H,33,36). The fraction of sp³-hybridized carbons (Fsp3) is 0.367. The van der Waals surface area contributed by atoms with Crippen LogP contribution in [0.1, 0.15) is 48.8 Å². The van der Waals surface area contributed by atoms with Crippen molar-refractivity contribution in [1.29, 1.82) is 0 Å². The van der Waals surface area contributed by atoms with Crippen LogP contribution in [-0.4, -0.2) is 48.1 Å². The van der Waals surface area contributed by atoms with Gasteiger partial charge < -0.3 is 15.1 Å². The molecule has 3 aromatic rings. The number of urea groups is 1. The lowest BCUT2D eigenvalue weighted by atomic mass is 9.88. The number of hydrogen-bond donors (Lipinski definition) is 1. The Labute approximate surface area is 212 Å². The predicted octanol–water partition coefficient (Wildman–Crippen LogP) is 6.18. The van der Waals surface area contributed by atoms with E-state index in [0.29, 0.717) is 12.5 Å². The van der Waals surface area contributed by atoms with Gasteiger partial charge in [-0.25, -0.2) is 13.6 Å². The van der Waals surface area contributed by atoms with E-state index in [2.05, 4.69) is 70.9 Å². The Kier molecular flexibility index (Phi) is 9.06. The summed E-state index contributed by atoms with van der Waals surface area (Å²) < 4.78 is 27.3. The Morgan fingerprint density at radius 1 is 0.972 bits per heavy atom. The molecular formula is C30H35F2N3O. The van der Waals surface area contributed by atoms with Crippen molar-refractivity contribution < 1.29 is 13.6 Å². The molecule has 190 valence electrons. The third kappa shape index (κ3) is 6.70. The Hall–Kier alpha value is -3.25. The van der Waals surface area contributed by atoms with E-state index in [1.807, 2.05) is 11.8 Å². The van der Waals surface area contributed by atoms with E-state index in [4.69, 9.17) is 0 Å². The quantitative estimate of drug-likeness (QED) is 0.388. The first-order valence-electron chi connectivity index (χ1n) is 12.9. The van der Waals surface area contributed by atoms with Crippen molar-refractivity contribution in [2.45, 2.75) is 44.7 Å². The van der Waals surface area contributed by atoms with Crippen LogP contribution in [0.4, 0.5) is 13.6 Å². The smallest absolute Gasteiger partial charge is 0.317 e. The van der Waals surface area contributed by atoms with Crippen LogP contribution in [-0.2, 0) is 6.54 Å². The second kappa shape index (κ2) is 12.6. The van der Waals surface area contributed by atoms with E-state index >= 15 is 0 Å². The summed E-state index contributed by atoms with van der Waals surface area (Å²) in [5.41, 5.74) is 2.82. The van der Waals surface area contributed by atoms with Gasteiger partial charge in [0.25, 0.3) is 0 Å². The molecule has 1 N–H and O–H groups in total. The van der Waals surface area contributed by atoms with Gasteiger partial charge in [-0.3, -0.25) is 0 Å². The number of carbonyl (C=O) groups excluding carboxylic acids is 1. The molecule has 1 aliphatic heterocycles. The Balaban J connectivity index is 1.29. The highest BCUT2D eigenvalue weighted by atomic mass is 19.1. The highest BCUT2D eigenvalue weighted by Gasteiger charge is 2.27. The van der Waals surface area contributed by atoms with Gasteiger partial charge in [0.15, 0.2) is 0 Å².